The topological polar surface area (TPSA) is 42.1 Å². The highest BCUT2D eigenvalue weighted by Gasteiger charge is 2.22. The number of hydrogen-bond acceptors (Lipinski definition) is 2. The molecule has 4 rings (SSSR count). The Hall–Kier alpha value is -2.81. The number of benzene rings is 2. The summed E-state index contributed by atoms with van der Waals surface area (Å²) in [6, 6.07) is 17.5. The van der Waals surface area contributed by atoms with Crippen LogP contribution in [0.2, 0.25) is 0 Å². The molecule has 0 atom stereocenters. The maximum Gasteiger partial charge on any atom is 0.166 e. The molecule has 0 radical (unpaired) electrons. The van der Waals surface area contributed by atoms with Crippen LogP contribution in [0, 0.1) is 0 Å². The van der Waals surface area contributed by atoms with Crippen LogP contribution in [0.3, 0.4) is 0 Å². The molecule has 0 spiro atoms. The third kappa shape index (κ3) is 1.50. The van der Waals surface area contributed by atoms with Crippen LogP contribution in [0.25, 0.3) is 22.4 Å². The summed E-state index contributed by atoms with van der Waals surface area (Å²) in [6.07, 6.45) is 0.834. The van der Waals surface area contributed by atoms with Crippen molar-refractivity contribution in [2.75, 3.05) is 0 Å². The molecular formula is C17H11NO2. The van der Waals surface area contributed by atoms with Gasteiger partial charge in [0.15, 0.2) is 6.29 Å². The fourth-order valence-electron chi connectivity index (χ4n) is 2.62. The zero-order valence-corrected chi connectivity index (χ0v) is 10.6. The van der Waals surface area contributed by atoms with Crippen molar-refractivity contribution in [3.05, 3.63) is 60.3 Å². The van der Waals surface area contributed by atoms with Gasteiger partial charge in [-0.1, -0.05) is 30.3 Å². The van der Waals surface area contributed by atoms with Gasteiger partial charge in [0, 0.05) is 16.7 Å². The molecule has 3 heteroatoms. The van der Waals surface area contributed by atoms with Gasteiger partial charge in [0.25, 0.3) is 0 Å². The number of hydrogen-bond donors (Lipinski definition) is 1. The van der Waals surface area contributed by atoms with E-state index in [1.807, 2.05) is 54.6 Å². The molecule has 3 aromatic rings. The zero-order chi connectivity index (χ0) is 13.5. The Balaban J connectivity index is 2.11. The summed E-state index contributed by atoms with van der Waals surface area (Å²) in [5.41, 5.74) is 4.44. The largest absolute Gasteiger partial charge is 0.456 e. The highest BCUT2D eigenvalue weighted by molar-refractivity contribution is 5.92. The summed E-state index contributed by atoms with van der Waals surface area (Å²) >= 11 is 0. The van der Waals surface area contributed by atoms with Crippen LogP contribution in [0.1, 0.15) is 10.5 Å². The first-order chi connectivity index (χ1) is 9.86. The second-order valence-electron chi connectivity index (χ2n) is 4.73. The van der Waals surface area contributed by atoms with Crippen molar-refractivity contribution in [1.82, 2.24) is 4.98 Å². The zero-order valence-electron chi connectivity index (χ0n) is 10.6. The Bertz CT molecular complexity index is 754. The third-order valence-corrected chi connectivity index (χ3v) is 3.52. The molecule has 0 saturated carbocycles. The summed E-state index contributed by atoms with van der Waals surface area (Å²) < 4.78 is 6.01. The molecule has 0 unspecified atom stereocenters. The van der Waals surface area contributed by atoms with E-state index in [0.29, 0.717) is 5.69 Å². The summed E-state index contributed by atoms with van der Waals surface area (Å²) in [6.45, 7) is 0. The standard InChI is InChI=1S/C17H11NO2/c19-10-11-9-14-12-5-1-3-7-15(12)20-16-8-4-2-6-13(16)17(14)18-11/h1-10,18H. The van der Waals surface area contributed by atoms with Crippen LogP contribution in [-0.4, -0.2) is 11.3 Å². The monoisotopic (exact) mass is 261 g/mol. The number of rotatable bonds is 1. The minimum atomic E-state index is 0.571. The molecule has 1 N–H and O–H groups in total. The highest BCUT2D eigenvalue weighted by atomic mass is 16.5. The first-order valence-electron chi connectivity index (χ1n) is 6.41. The van der Waals surface area contributed by atoms with Gasteiger partial charge in [0.05, 0.1) is 11.4 Å². The summed E-state index contributed by atoms with van der Waals surface area (Å²) in [5.74, 6) is 1.59. The number of carbonyl (C=O) groups is 1. The number of carbonyl (C=O) groups excluding carboxylic acids is 1. The molecule has 0 bridgehead atoms. The Kier molecular flexibility index (Phi) is 2.27. The predicted molar refractivity (Wildman–Crippen MR) is 77.1 cm³/mol. The van der Waals surface area contributed by atoms with E-state index in [-0.39, 0.29) is 0 Å². The molecule has 0 aliphatic carbocycles. The summed E-state index contributed by atoms with van der Waals surface area (Å²) in [7, 11) is 0. The molecule has 1 aliphatic heterocycles. The van der Waals surface area contributed by atoms with Crippen molar-refractivity contribution in [3.63, 3.8) is 0 Å². The smallest absolute Gasteiger partial charge is 0.166 e. The Morgan fingerprint density at radius 2 is 1.50 bits per heavy atom. The molecule has 0 saturated heterocycles. The molecule has 2 aromatic carbocycles. The molecule has 96 valence electrons. The molecule has 1 aliphatic rings. The van der Waals surface area contributed by atoms with Crippen LogP contribution < -0.4 is 4.74 Å². The number of nitrogens with one attached hydrogen (secondary N) is 1. The van der Waals surface area contributed by atoms with Crippen LogP contribution in [0.15, 0.2) is 54.6 Å². The molecule has 1 aromatic heterocycles. The first-order valence-corrected chi connectivity index (χ1v) is 6.41. The van der Waals surface area contributed by atoms with Crippen molar-refractivity contribution in [2.45, 2.75) is 0 Å². The summed E-state index contributed by atoms with van der Waals surface area (Å²) in [5, 5.41) is 0. The van der Waals surface area contributed by atoms with E-state index in [1.165, 1.54) is 0 Å². The Labute approximate surface area is 115 Å². The normalized spacial score (nSPS) is 11.6. The van der Waals surface area contributed by atoms with Crippen LogP contribution in [0.5, 0.6) is 11.5 Å². The lowest BCUT2D eigenvalue weighted by Crippen LogP contribution is -1.86. The van der Waals surface area contributed by atoms with E-state index in [2.05, 4.69) is 4.98 Å². The van der Waals surface area contributed by atoms with E-state index in [4.69, 9.17) is 4.74 Å². The fraction of sp³-hybridized carbons (Fsp3) is 0. The Morgan fingerprint density at radius 1 is 0.850 bits per heavy atom. The van der Waals surface area contributed by atoms with E-state index in [0.717, 1.165) is 40.2 Å². The third-order valence-electron chi connectivity index (χ3n) is 3.52. The van der Waals surface area contributed by atoms with Crippen LogP contribution >= 0.6 is 0 Å². The second kappa shape index (κ2) is 4.10. The Morgan fingerprint density at radius 3 is 2.25 bits per heavy atom. The SMILES string of the molecule is O=Cc1cc2c([nH]1)-c1ccccc1Oc1ccccc1-2. The minimum Gasteiger partial charge on any atom is -0.456 e. The molecule has 0 fully saturated rings. The molecular weight excluding hydrogens is 250 g/mol. The van der Waals surface area contributed by atoms with E-state index < -0.39 is 0 Å². The lowest BCUT2D eigenvalue weighted by atomic mass is 10.0. The van der Waals surface area contributed by atoms with Gasteiger partial charge in [-0.15, -0.1) is 0 Å². The van der Waals surface area contributed by atoms with Gasteiger partial charge in [-0.3, -0.25) is 4.79 Å². The highest BCUT2D eigenvalue weighted by Crippen LogP contribution is 2.46. The second-order valence-corrected chi connectivity index (χ2v) is 4.73. The van der Waals surface area contributed by atoms with Crippen LogP contribution in [0.4, 0.5) is 0 Å². The van der Waals surface area contributed by atoms with Gasteiger partial charge in [-0.05, 0) is 24.3 Å². The van der Waals surface area contributed by atoms with Gasteiger partial charge in [0.2, 0.25) is 0 Å². The van der Waals surface area contributed by atoms with E-state index in [9.17, 15) is 4.79 Å². The lowest BCUT2D eigenvalue weighted by Gasteiger charge is -2.08. The number of aldehydes is 1. The number of aromatic amines is 1. The summed E-state index contributed by atoms with van der Waals surface area (Å²) in [4.78, 5) is 14.2. The van der Waals surface area contributed by atoms with Gasteiger partial charge < -0.3 is 9.72 Å². The quantitative estimate of drug-likeness (QED) is 0.520. The number of aromatic nitrogens is 1. The lowest BCUT2D eigenvalue weighted by molar-refractivity contribution is 0.111. The number of H-pyrrole nitrogens is 1. The van der Waals surface area contributed by atoms with Crippen molar-refractivity contribution in [1.29, 1.82) is 0 Å². The number of ether oxygens (including phenoxy) is 1. The maximum absolute atomic E-state index is 11.1. The average molecular weight is 261 g/mol. The number of para-hydroxylation sites is 2. The van der Waals surface area contributed by atoms with Crippen molar-refractivity contribution in [3.8, 4) is 33.9 Å². The predicted octanol–water partition coefficient (Wildman–Crippen LogP) is 4.27. The molecule has 3 nitrogen and oxygen atoms in total. The molecule has 0 amide bonds. The van der Waals surface area contributed by atoms with Gasteiger partial charge in [0.1, 0.15) is 11.5 Å². The van der Waals surface area contributed by atoms with Crippen molar-refractivity contribution < 1.29 is 9.53 Å². The van der Waals surface area contributed by atoms with Crippen molar-refractivity contribution >= 4 is 6.29 Å². The minimum absolute atomic E-state index is 0.571. The fourth-order valence-corrected chi connectivity index (χ4v) is 2.62. The van der Waals surface area contributed by atoms with E-state index in [1.54, 1.807) is 0 Å². The van der Waals surface area contributed by atoms with Crippen LogP contribution in [-0.2, 0) is 0 Å². The first kappa shape index (κ1) is 11.1. The van der Waals surface area contributed by atoms with E-state index >= 15 is 0 Å². The maximum atomic E-state index is 11.1. The van der Waals surface area contributed by atoms with Gasteiger partial charge in [-0.2, -0.15) is 0 Å². The van der Waals surface area contributed by atoms with Gasteiger partial charge >= 0.3 is 0 Å². The van der Waals surface area contributed by atoms with Gasteiger partial charge in [-0.25, -0.2) is 0 Å². The number of fused-ring (bicyclic) bond motifs is 5. The molecule has 2 heterocycles. The average Bonchev–Trinajstić information content (AvgIpc) is 2.87. The molecule has 20 heavy (non-hydrogen) atoms. The van der Waals surface area contributed by atoms with Crippen molar-refractivity contribution in [2.24, 2.45) is 0 Å².